The number of furan rings is 1. The molecular weight excluding hydrogens is 246 g/mol. The fraction of sp³-hybridized carbons (Fsp3) is 0.571. The van der Waals surface area contributed by atoms with E-state index in [1.165, 1.54) is 12.3 Å². The van der Waals surface area contributed by atoms with Crippen molar-refractivity contribution in [3.05, 3.63) is 23.7 Å². The molecule has 1 unspecified atom stereocenters. The van der Waals surface area contributed by atoms with Crippen LogP contribution in [-0.4, -0.2) is 23.0 Å². The lowest BCUT2D eigenvalue weighted by atomic mass is 10.0. The Labute approximate surface area is 113 Å². The van der Waals surface area contributed by atoms with Crippen LogP contribution < -0.4 is 5.32 Å². The first-order chi connectivity index (χ1) is 8.90. The largest absolute Gasteiger partial charge is 0.481 e. The van der Waals surface area contributed by atoms with Crippen LogP contribution in [-0.2, 0) is 11.2 Å². The molecule has 0 spiro atoms. The highest BCUT2D eigenvalue weighted by Gasteiger charge is 2.18. The summed E-state index contributed by atoms with van der Waals surface area (Å²) in [6, 6.07) is 1.56. The van der Waals surface area contributed by atoms with Crippen molar-refractivity contribution in [1.29, 1.82) is 0 Å². The minimum Gasteiger partial charge on any atom is -0.481 e. The Morgan fingerprint density at radius 3 is 2.58 bits per heavy atom. The molecule has 5 nitrogen and oxygen atoms in total. The fourth-order valence-corrected chi connectivity index (χ4v) is 1.77. The Morgan fingerprint density at radius 1 is 1.32 bits per heavy atom. The molecule has 0 bridgehead atoms. The monoisotopic (exact) mass is 267 g/mol. The second-order valence-corrected chi connectivity index (χ2v) is 5.17. The van der Waals surface area contributed by atoms with Crippen LogP contribution in [0.2, 0.25) is 0 Å². The van der Waals surface area contributed by atoms with Crippen LogP contribution in [0, 0.1) is 5.92 Å². The molecule has 5 heteroatoms. The molecule has 106 valence electrons. The smallest absolute Gasteiger partial charge is 0.311 e. The quantitative estimate of drug-likeness (QED) is 0.795. The molecule has 1 rings (SSSR count). The van der Waals surface area contributed by atoms with E-state index in [2.05, 4.69) is 19.2 Å². The highest BCUT2D eigenvalue weighted by molar-refractivity contribution is 5.96. The summed E-state index contributed by atoms with van der Waals surface area (Å²) in [7, 11) is 0. The molecule has 2 N–H and O–H groups in total. The summed E-state index contributed by atoms with van der Waals surface area (Å²) >= 11 is 0. The van der Waals surface area contributed by atoms with Crippen LogP contribution in [0.4, 0.5) is 0 Å². The van der Waals surface area contributed by atoms with Gasteiger partial charge in [0, 0.05) is 6.04 Å². The predicted molar refractivity (Wildman–Crippen MR) is 71.0 cm³/mol. The Hall–Kier alpha value is -1.78. The molecule has 0 saturated heterocycles. The molecule has 1 atom stereocenters. The van der Waals surface area contributed by atoms with E-state index < -0.39 is 5.97 Å². The van der Waals surface area contributed by atoms with Crippen molar-refractivity contribution in [2.24, 2.45) is 5.92 Å². The zero-order chi connectivity index (χ0) is 14.4. The molecule has 0 saturated carbocycles. The maximum absolute atomic E-state index is 12.0. The summed E-state index contributed by atoms with van der Waals surface area (Å²) in [6.07, 6.45) is 2.99. The molecule has 1 amide bonds. The van der Waals surface area contributed by atoms with Gasteiger partial charge in [0.2, 0.25) is 0 Å². The lowest BCUT2D eigenvalue weighted by Crippen LogP contribution is -2.33. The Bertz CT molecular complexity index is 436. The highest BCUT2D eigenvalue weighted by Crippen LogP contribution is 2.13. The standard InChI is InChI=1S/C14H21NO4/c1-9(2)4-5-10(3)15-14(18)11-6-7-19-12(11)8-13(16)17/h6-7,9-10H,4-5,8H2,1-3H3,(H,15,18)(H,16,17). The second kappa shape index (κ2) is 6.97. The van der Waals surface area contributed by atoms with Gasteiger partial charge in [0.15, 0.2) is 0 Å². The van der Waals surface area contributed by atoms with Crippen molar-refractivity contribution >= 4 is 11.9 Å². The van der Waals surface area contributed by atoms with Crippen molar-refractivity contribution in [3.63, 3.8) is 0 Å². The summed E-state index contributed by atoms with van der Waals surface area (Å²) in [6.45, 7) is 6.21. The first kappa shape index (κ1) is 15.3. The Morgan fingerprint density at radius 2 is 2.00 bits per heavy atom. The van der Waals surface area contributed by atoms with E-state index in [1.54, 1.807) is 0 Å². The van der Waals surface area contributed by atoms with Crippen LogP contribution >= 0.6 is 0 Å². The minimum atomic E-state index is -1.02. The van der Waals surface area contributed by atoms with Gasteiger partial charge in [0.05, 0.1) is 11.8 Å². The predicted octanol–water partition coefficient (Wildman–Crippen LogP) is 2.46. The van der Waals surface area contributed by atoms with E-state index in [0.717, 1.165) is 12.8 Å². The topological polar surface area (TPSA) is 79.5 Å². The molecular formula is C14H21NO4. The molecule has 0 fully saturated rings. The number of carbonyl (C=O) groups excluding carboxylic acids is 1. The van der Waals surface area contributed by atoms with Gasteiger partial charge in [0.25, 0.3) is 5.91 Å². The summed E-state index contributed by atoms with van der Waals surface area (Å²) in [5, 5.41) is 11.6. The Balaban J connectivity index is 2.58. The average Bonchev–Trinajstić information content (AvgIpc) is 2.73. The second-order valence-electron chi connectivity index (χ2n) is 5.17. The van der Waals surface area contributed by atoms with E-state index in [0.29, 0.717) is 11.5 Å². The van der Waals surface area contributed by atoms with E-state index in [9.17, 15) is 9.59 Å². The number of aliphatic carboxylic acids is 1. The third-order valence-corrected chi connectivity index (χ3v) is 2.86. The number of hydrogen-bond acceptors (Lipinski definition) is 3. The van der Waals surface area contributed by atoms with E-state index in [1.807, 2.05) is 6.92 Å². The van der Waals surface area contributed by atoms with Crippen LogP contribution in [0.25, 0.3) is 0 Å². The summed E-state index contributed by atoms with van der Waals surface area (Å²) in [4.78, 5) is 22.6. The van der Waals surface area contributed by atoms with Crippen molar-refractivity contribution in [1.82, 2.24) is 5.32 Å². The number of hydrogen-bond donors (Lipinski definition) is 2. The van der Waals surface area contributed by atoms with Crippen LogP contribution in [0.1, 0.15) is 49.7 Å². The number of carbonyl (C=O) groups is 2. The first-order valence-corrected chi connectivity index (χ1v) is 6.49. The summed E-state index contributed by atoms with van der Waals surface area (Å²) in [5.74, 6) is -0.505. The molecule has 1 heterocycles. The lowest BCUT2D eigenvalue weighted by molar-refractivity contribution is -0.136. The van der Waals surface area contributed by atoms with Crippen molar-refractivity contribution in [2.75, 3.05) is 0 Å². The number of carboxylic acids is 1. The SMILES string of the molecule is CC(C)CCC(C)NC(=O)c1ccoc1CC(=O)O. The van der Waals surface area contributed by atoms with Gasteiger partial charge in [-0.05, 0) is 31.7 Å². The third-order valence-electron chi connectivity index (χ3n) is 2.86. The first-order valence-electron chi connectivity index (χ1n) is 6.49. The molecule has 0 aromatic carbocycles. The van der Waals surface area contributed by atoms with Gasteiger partial charge in [0.1, 0.15) is 12.2 Å². The van der Waals surface area contributed by atoms with Gasteiger partial charge >= 0.3 is 5.97 Å². The number of amides is 1. The van der Waals surface area contributed by atoms with Crippen LogP contribution in [0.3, 0.4) is 0 Å². The lowest BCUT2D eigenvalue weighted by Gasteiger charge is -2.14. The number of nitrogens with one attached hydrogen (secondary N) is 1. The Kier molecular flexibility index (Phi) is 5.60. The van der Waals surface area contributed by atoms with Gasteiger partial charge in [-0.2, -0.15) is 0 Å². The van der Waals surface area contributed by atoms with Gasteiger partial charge in [-0.25, -0.2) is 0 Å². The average molecular weight is 267 g/mol. The minimum absolute atomic E-state index is 0.0579. The molecule has 0 aliphatic rings. The molecule has 0 aliphatic heterocycles. The molecule has 19 heavy (non-hydrogen) atoms. The van der Waals surface area contributed by atoms with Crippen LogP contribution in [0.5, 0.6) is 0 Å². The molecule has 1 aromatic heterocycles. The summed E-state index contributed by atoms with van der Waals surface area (Å²) < 4.78 is 5.03. The number of rotatable bonds is 7. The van der Waals surface area contributed by atoms with Crippen molar-refractivity contribution in [2.45, 2.75) is 46.1 Å². The zero-order valence-electron chi connectivity index (χ0n) is 11.6. The molecule has 0 aliphatic carbocycles. The normalized spacial score (nSPS) is 12.4. The van der Waals surface area contributed by atoms with Crippen LogP contribution in [0.15, 0.2) is 16.7 Å². The third kappa shape index (κ3) is 5.16. The van der Waals surface area contributed by atoms with E-state index in [-0.39, 0.29) is 24.1 Å². The van der Waals surface area contributed by atoms with Gasteiger partial charge in [-0.15, -0.1) is 0 Å². The maximum Gasteiger partial charge on any atom is 0.311 e. The van der Waals surface area contributed by atoms with E-state index in [4.69, 9.17) is 9.52 Å². The zero-order valence-corrected chi connectivity index (χ0v) is 11.6. The van der Waals surface area contributed by atoms with Gasteiger partial charge in [-0.1, -0.05) is 13.8 Å². The fourth-order valence-electron chi connectivity index (χ4n) is 1.77. The van der Waals surface area contributed by atoms with E-state index >= 15 is 0 Å². The maximum atomic E-state index is 12.0. The van der Waals surface area contributed by atoms with Gasteiger partial charge < -0.3 is 14.8 Å². The highest BCUT2D eigenvalue weighted by atomic mass is 16.4. The number of carboxylic acid groups (broad SMARTS) is 1. The van der Waals surface area contributed by atoms with Gasteiger partial charge in [-0.3, -0.25) is 9.59 Å². The van der Waals surface area contributed by atoms with Crippen molar-refractivity contribution in [3.8, 4) is 0 Å². The molecule has 0 radical (unpaired) electrons. The summed E-state index contributed by atoms with van der Waals surface area (Å²) in [5.41, 5.74) is 0.304. The molecule has 1 aromatic rings. The van der Waals surface area contributed by atoms with Crippen molar-refractivity contribution < 1.29 is 19.1 Å².